The van der Waals surface area contributed by atoms with Crippen molar-refractivity contribution >= 4 is 28.2 Å². The molecule has 0 saturated heterocycles. The molecule has 2 heterocycles. The highest BCUT2D eigenvalue weighted by Crippen LogP contribution is 2.21. The molecule has 3 rings (SSSR count). The maximum absolute atomic E-state index is 11.5. The lowest BCUT2D eigenvalue weighted by molar-refractivity contribution is 1.18. The fourth-order valence-corrected chi connectivity index (χ4v) is 2.10. The van der Waals surface area contributed by atoms with Crippen LogP contribution in [0.2, 0.25) is 0 Å². The Labute approximate surface area is 114 Å². The zero-order valence-corrected chi connectivity index (χ0v) is 10.8. The Morgan fingerprint density at radius 2 is 2.05 bits per heavy atom. The van der Waals surface area contributed by atoms with Crippen molar-refractivity contribution in [3.8, 4) is 0 Å². The van der Waals surface area contributed by atoms with Gasteiger partial charge in [-0.15, -0.1) is 0 Å². The maximum Gasteiger partial charge on any atom is 0.248 e. The lowest BCUT2D eigenvalue weighted by Gasteiger charge is -2.08. The van der Waals surface area contributed by atoms with Crippen molar-refractivity contribution in [2.75, 3.05) is 11.1 Å². The number of rotatable bonds is 2. The standard InChI is InChI=1S/C14H13N5O/c1-8-4-14(20)19-11-5-9(2-3-10(8)11)18-13-6-12(15)16-7-17-13/h2-7H,1H3,(H,19,20)(H3,15,16,17,18). The minimum absolute atomic E-state index is 0.113. The summed E-state index contributed by atoms with van der Waals surface area (Å²) in [5.74, 6) is 0.999. The summed E-state index contributed by atoms with van der Waals surface area (Å²) in [4.78, 5) is 22.2. The van der Waals surface area contributed by atoms with E-state index in [0.29, 0.717) is 11.6 Å². The topological polar surface area (TPSA) is 96.7 Å². The van der Waals surface area contributed by atoms with Gasteiger partial charge in [0.2, 0.25) is 5.56 Å². The minimum atomic E-state index is -0.113. The van der Waals surface area contributed by atoms with Crippen molar-refractivity contribution < 1.29 is 0 Å². The number of nitrogen functional groups attached to an aromatic ring is 1. The first-order chi connectivity index (χ1) is 9.61. The summed E-state index contributed by atoms with van der Waals surface area (Å²) in [7, 11) is 0. The number of aromatic nitrogens is 3. The Balaban J connectivity index is 2.03. The molecule has 3 aromatic rings. The molecule has 6 nitrogen and oxygen atoms in total. The van der Waals surface area contributed by atoms with Crippen LogP contribution in [0.3, 0.4) is 0 Å². The van der Waals surface area contributed by atoms with Crippen LogP contribution in [0.1, 0.15) is 5.56 Å². The monoisotopic (exact) mass is 267 g/mol. The third-order valence-corrected chi connectivity index (χ3v) is 3.01. The number of nitrogens with one attached hydrogen (secondary N) is 2. The molecule has 0 saturated carbocycles. The van der Waals surface area contributed by atoms with E-state index in [1.54, 1.807) is 12.1 Å². The molecule has 0 spiro atoms. The number of benzene rings is 1. The number of anilines is 3. The second-order valence-corrected chi connectivity index (χ2v) is 4.53. The van der Waals surface area contributed by atoms with Gasteiger partial charge in [-0.3, -0.25) is 4.79 Å². The lowest BCUT2D eigenvalue weighted by atomic mass is 10.1. The van der Waals surface area contributed by atoms with Crippen molar-refractivity contribution in [3.63, 3.8) is 0 Å². The van der Waals surface area contributed by atoms with Crippen LogP contribution in [-0.4, -0.2) is 15.0 Å². The minimum Gasteiger partial charge on any atom is -0.384 e. The summed E-state index contributed by atoms with van der Waals surface area (Å²) >= 11 is 0. The third-order valence-electron chi connectivity index (χ3n) is 3.01. The molecular formula is C14H13N5O. The van der Waals surface area contributed by atoms with Gasteiger partial charge in [-0.1, -0.05) is 6.07 Å². The van der Waals surface area contributed by atoms with Gasteiger partial charge in [-0.25, -0.2) is 9.97 Å². The number of hydrogen-bond acceptors (Lipinski definition) is 5. The normalized spacial score (nSPS) is 10.7. The van der Waals surface area contributed by atoms with Gasteiger partial charge < -0.3 is 16.0 Å². The van der Waals surface area contributed by atoms with Crippen molar-refractivity contribution in [1.82, 2.24) is 15.0 Å². The molecule has 20 heavy (non-hydrogen) atoms. The van der Waals surface area contributed by atoms with E-state index in [1.165, 1.54) is 6.33 Å². The van der Waals surface area contributed by atoms with Crippen molar-refractivity contribution in [2.45, 2.75) is 6.92 Å². The average Bonchev–Trinajstić information content (AvgIpc) is 2.38. The van der Waals surface area contributed by atoms with E-state index in [-0.39, 0.29) is 5.56 Å². The van der Waals surface area contributed by atoms with E-state index in [9.17, 15) is 4.79 Å². The molecule has 0 fully saturated rings. The molecule has 4 N–H and O–H groups in total. The fraction of sp³-hybridized carbons (Fsp3) is 0.0714. The molecule has 0 aliphatic carbocycles. The van der Waals surface area contributed by atoms with Gasteiger partial charge in [0.15, 0.2) is 0 Å². The largest absolute Gasteiger partial charge is 0.384 e. The van der Waals surface area contributed by atoms with Crippen LogP contribution in [0, 0.1) is 6.92 Å². The van der Waals surface area contributed by atoms with Crippen LogP contribution in [0.5, 0.6) is 0 Å². The molecule has 0 aliphatic rings. The van der Waals surface area contributed by atoms with Gasteiger partial charge in [0, 0.05) is 23.2 Å². The fourth-order valence-electron chi connectivity index (χ4n) is 2.10. The lowest BCUT2D eigenvalue weighted by Crippen LogP contribution is -2.05. The van der Waals surface area contributed by atoms with Crippen LogP contribution in [0.25, 0.3) is 10.9 Å². The van der Waals surface area contributed by atoms with Crippen LogP contribution >= 0.6 is 0 Å². The molecule has 0 unspecified atom stereocenters. The van der Waals surface area contributed by atoms with Crippen LogP contribution < -0.4 is 16.6 Å². The van der Waals surface area contributed by atoms with Crippen LogP contribution in [0.4, 0.5) is 17.3 Å². The molecule has 0 amide bonds. The molecule has 1 aromatic carbocycles. The molecule has 2 aromatic heterocycles. The number of aromatic amines is 1. The smallest absolute Gasteiger partial charge is 0.248 e. The van der Waals surface area contributed by atoms with E-state index >= 15 is 0 Å². The molecular weight excluding hydrogens is 254 g/mol. The highest BCUT2D eigenvalue weighted by atomic mass is 16.1. The third kappa shape index (κ3) is 2.31. The van der Waals surface area contributed by atoms with E-state index in [4.69, 9.17) is 5.73 Å². The number of hydrogen-bond donors (Lipinski definition) is 3. The van der Waals surface area contributed by atoms with Gasteiger partial charge in [0.1, 0.15) is 18.0 Å². The summed E-state index contributed by atoms with van der Waals surface area (Å²) < 4.78 is 0. The van der Waals surface area contributed by atoms with Crippen LogP contribution in [0.15, 0.2) is 41.5 Å². The van der Waals surface area contributed by atoms with Crippen molar-refractivity contribution in [1.29, 1.82) is 0 Å². The predicted molar refractivity (Wildman–Crippen MR) is 79.0 cm³/mol. The first-order valence-corrected chi connectivity index (χ1v) is 6.10. The highest BCUT2D eigenvalue weighted by Gasteiger charge is 2.02. The number of pyridine rings is 1. The Bertz CT molecular complexity index is 840. The zero-order chi connectivity index (χ0) is 14.1. The summed E-state index contributed by atoms with van der Waals surface area (Å²) in [5.41, 5.74) is 8.03. The van der Waals surface area contributed by atoms with Gasteiger partial charge in [-0.05, 0) is 24.6 Å². The van der Waals surface area contributed by atoms with E-state index in [1.807, 2.05) is 25.1 Å². The molecule has 6 heteroatoms. The Morgan fingerprint density at radius 1 is 1.20 bits per heavy atom. The van der Waals surface area contributed by atoms with Gasteiger partial charge >= 0.3 is 0 Å². The molecule has 100 valence electrons. The first kappa shape index (κ1) is 12.2. The summed E-state index contributed by atoms with van der Waals surface area (Å²) in [5, 5.41) is 4.13. The summed E-state index contributed by atoms with van der Waals surface area (Å²) in [6.45, 7) is 1.91. The average molecular weight is 267 g/mol. The zero-order valence-electron chi connectivity index (χ0n) is 10.8. The van der Waals surface area contributed by atoms with E-state index < -0.39 is 0 Å². The Morgan fingerprint density at radius 3 is 2.85 bits per heavy atom. The Hall–Kier alpha value is -2.89. The predicted octanol–water partition coefficient (Wildman–Crippen LogP) is 1.95. The van der Waals surface area contributed by atoms with Crippen molar-refractivity contribution in [3.05, 3.63) is 52.6 Å². The van der Waals surface area contributed by atoms with Gasteiger partial charge in [-0.2, -0.15) is 0 Å². The first-order valence-electron chi connectivity index (χ1n) is 6.10. The molecule has 0 aliphatic heterocycles. The molecule has 0 atom stereocenters. The molecule has 0 bridgehead atoms. The number of H-pyrrole nitrogens is 1. The molecule has 0 radical (unpaired) electrons. The van der Waals surface area contributed by atoms with Crippen LogP contribution in [-0.2, 0) is 0 Å². The Kier molecular flexibility index (Phi) is 2.83. The highest BCUT2D eigenvalue weighted by molar-refractivity contribution is 5.85. The van der Waals surface area contributed by atoms with Crippen molar-refractivity contribution in [2.24, 2.45) is 0 Å². The van der Waals surface area contributed by atoms with Gasteiger partial charge in [0.05, 0.1) is 5.52 Å². The second kappa shape index (κ2) is 4.65. The van der Waals surface area contributed by atoms with E-state index in [2.05, 4.69) is 20.3 Å². The number of fused-ring (bicyclic) bond motifs is 1. The van der Waals surface area contributed by atoms with Gasteiger partial charge in [0.25, 0.3) is 0 Å². The summed E-state index contributed by atoms with van der Waals surface area (Å²) in [6.07, 6.45) is 1.39. The quantitative estimate of drug-likeness (QED) is 0.659. The second-order valence-electron chi connectivity index (χ2n) is 4.53. The maximum atomic E-state index is 11.5. The number of nitrogens with two attached hydrogens (primary N) is 1. The number of aryl methyl sites for hydroxylation is 1. The number of nitrogens with zero attached hydrogens (tertiary/aromatic N) is 2. The summed E-state index contributed by atoms with van der Waals surface area (Å²) in [6, 6.07) is 8.96. The SMILES string of the molecule is Cc1cc(=O)[nH]c2cc(Nc3cc(N)ncn3)ccc12. The van der Waals surface area contributed by atoms with E-state index in [0.717, 1.165) is 22.2 Å².